The first kappa shape index (κ1) is 18.4. The summed E-state index contributed by atoms with van der Waals surface area (Å²) in [4.78, 5) is 17.6. The zero-order valence-corrected chi connectivity index (χ0v) is 15.8. The Morgan fingerprint density at radius 3 is 2.62 bits per heavy atom. The normalized spacial score (nSPS) is 11.2. The molecule has 0 amide bonds. The standard InChI is InChI=1S/C23H19N3O3/c1-16-8-7-9-17(22(16)27)14-24-26-21(15-29-18-10-3-2-4-11-18)25-20-13-6-5-12-19(20)23(26)28/h2-14,27H,15H2,1H3/b24-14+. The topological polar surface area (TPSA) is 76.7 Å². The van der Waals surface area contributed by atoms with Gasteiger partial charge >= 0.3 is 0 Å². The molecular formula is C23H19N3O3. The van der Waals surface area contributed by atoms with E-state index < -0.39 is 0 Å². The van der Waals surface area contributed by atoms with Gasteiger partial charge in [-0.05, 0) is 42.8 Å². The molecule has 0 aliphatic carbocycles. The second-order valence-corrected chi connectivity index (χ2v) is 6.52. The van der Waals surface area contributed by atoms with Crippen molar-refractivity contribution >= 4 is 17.1 Å². The third-order valence-corrected chi connectivity index (χ3v) is 4.51. The van der Waals surface area contributed by atoms with Crippen LogP contribution < -0.4 is 10.3 Å². The van der Waals surface area contributed by atoms with Gasteiger partial charge in [0.2, 0.25) is 0 Å². The van der Waals surface area contributed by atoms with Crippen LogP contribution in [-0.4, -0.2) is 21.0 Å². The Labute approximate surface area is 167 Å². The molecule has 0 aliphatic heterocycles. The minimum Gasteiger partial charge on any atom is -0.507 e. The van der Waals surface area contributed by atoms with Crippen LogP contribution in [0.4, 0.5) is 0 Å². The lowest BCUT2D eigenvalue weighted by Crippen LogP contribution is -2.23. The summed E-state index contributed by atoms with van der Waals surface area (Å²) in [5.74, 6) is 1.16. The van der Waals surface area contributed by atoms with Crippen molar-refractivity contribution in [2.45, 2.75) is 13.5 Å². The van der Waals surface area contributed by atoms with Gasteiger partial charge in [-0.15, -0.1) is 0 Å². The van der Waals surface area contributed by atoms with Crippen molar-refractivity contribution in [2.75, 3.05) is 0 Å². The van der Waals surface area contributed by atoms with Crippen molar-refractivity contribution in [1.29, 1.82) is 0 Å². The number of aryl methyl sites for hydroxylation is 1. The predicted molar refractivity (Wildman–Crippen MR) is 113 cm³/mol. The number of fused-ring (bicyclic) bond motifs is 1. The fourth-order valence-corrected chi connectivity index (χ4v) is 2.95. The molecule has 0 radical (unpaired) electrons. The summed E-state index contributed by atoms with van der Waals surface area (Å²) in [6, 6.07) is 21.7. The molecule has 0 bridgehead atoms. The monoisotopic (exact) mass is 385 g/mol. The van der Waals surface area contributed by atoms with Gasteiger partial charge in [0.05, 0.1) is 17.1 Å². The van der Waals surface area contributed by atoms with Crippen molar-refractivity contribution in [1.82, 2.24) is 9.66 Å². The third kappa shape index (κ3) is 3.87. The molecule has 0 aliphatic rings. The highest BCUT2D eigenvalue weighted by Crippen LogP contribution is 2.19. The number of para-hydroxylation sites is 3. The van der Waals surface area contributed by atoms with E-state index in [0.717, 1.165) is 5.56 Å². The van der Waals surface area contributed by atoms with Gasteiger partial charge < -0.3 is 9.84 Å². The summed E-state index contributed by atoms with van der Waals surface area (Å²) >= 11 is 0. The van der Waals surface area contributed by atoms with Gasteiger partial charge in [-0.25, -0.2) is 4.98 Å². The Balaban J connectivity index is 1.77. The van der Waals surface area contributed by atoms with Crippen LogP contribution in [0.25, 0.3) is 10.9 Å². The largest absolute Gasteiger partial charge is 0.507 e. The number of hydrogen-bond acceptors (Lipinski definition) is 5. The van der Waals surface area contributed by atoms with Crippen LogP contribution in [0, 0.1) is 6.92 Å². The maximum absolute atomic E-state index is 13.0. The van der Waals surface area contributed by atoms with Gasteiger partial charge in [-0.2, -0.15) is 9.78 Å². The average Bonchev–Trinajstić information content (AvgIpc) is 2.75. The van der Waals surface area contributed by atoms with Crippen LogP contribution in [0.2, 0.25) is 0 Å². The van der Waals surface area contributed by atoms with Crippen molar-refractivity contribution in [2.24, 2.45) is 5.10 Å². The number of aromatic nitrogens is 2. The summed E-state index contributed by atoms with van der Waals surface area (Å²) < 4.78 is 7.00. The maximum atomic E-state index is 13.0. The third-order valence-electron chi connectivity index (χ3n) is 4.51. The molecule has 0 fully saturated rings. The molecule has 144 valence electrons. The number of phenols is 1. The average molecular weight is 385 g/mol. The molecule has 1 N–H and O–H groups in total. The van der Waals surface area contributed by atoms with Gasteiger partial charge in [0, 0.05) is 5.56 Å². The minimum atomic E-state index is -0.300. The predicted octanol–water partition coefficient (Wildman–Crippen LogP) is 3.87. The molecule has 0 saturated heterocycles. The van der Waals surface area contributed by atoms with E-state index in [1.165, 1.54) is 10.9 Å². The van der Waals surface area contributed by atoms with E-state index in [2.05, 4.69) is 10.1 Å². The summed E-state index contributed by atoms with van der Waals surface area (Å²) in [7, 11) is 0. The van der Waals surface area contributed by atoms with Crippen molar-refractivity contribution in [3.8, 4) is 11.5 Å². The minimum absolute atomic E-state index is 0.0707. The number of aromatic hydroxyl groups is 1. The lowest BCUT2D eigenvalue weighted by Gasteiger charge is -2.11. The maximum Gasteiger partial charge on any atom is 0.282 e. The molecule has 29 heavy (non-hydrogen) atoms. The van der Waals surface area contributed by atoms with Gasteiger partial charge in [0.15, 0.2) is 5.82 Å². The van der Waals surface area contributed by atoms with Gasteiger partial charge in [-0.3, -0.25) is 4.79 Å². The first-order valence-electron chi connectivity index (χ1n) is 9.15. The second-order valence-electron chi connectivity index (χ2n) is 6.52. The second kappa shape index (κ2) is 7.98. The van der Waals surface area contributed by atoms with Crippen molar-refractivity contribution in [3.05, 3.63) is 100 Å². The van der Waals surface area contributed by atoms with E-state index in [1.807, 2.05) is 42.5 Å². The van der Waals surface area contributed by atoms with Crippen molar-refractivity contribution < 1.29 is 9.84 Å². The zero-order valence-electron chi connectivity index (χ0n) is 15.8. The van der Waals surface area contributed by atoms with E-state index in [4.69, 9.17) is 4.74 Å². The Hall–Kier alpha value is -3.93. The van der Waals surface area contributed by atoms with E-state index >= 15 is 0 Å². The summed E-state index contributed by atoms with van der Waals surface area (Å²) in [5, 5.41) is 15.0. The molecule has 4 aromatic rings. The lowest BCUT2D eigenvalue weighted by atomic mass is 10.1. The molecule has 1 aromatic heterocycles. The highest BCUT2D eigenvalue weighted by Gasteiger charge is 2.11. The molecule has 0 atom stereocenters. The molecule has 0 spiro atoms. The fraction of sp³-hybridized carbons (Fsp3) is 0.0870. The van der Waals surface area contributed by atoms with Gasteiger partial charge in [0.1, 0.15) is 18.1 Å². The Kier molecular flexibility index (Phi) is 5.07. The van der Waals surface area contributed by atoms with E-state index in [1.54, 1.807) is 37.3 Å². The Bertz CT molecular complexity index is 1250. The number of benzene rings is 3. The molecular weight excluding hydrogens is 366 g/mol. The van der Waals surface area contributed by atoms with Crippen LogP contribution in [0.3, 0.4) is 0 Å². The fourth-order valence-electron chi connectivity index (χ4n) is 2.95. The van der Waals surface area contributed by atoms with E-state index in [9.17, 15) is 9.90 Å². The van der Waals surface area contributed by atoms with Crippen LogP contribution in [0.1, 0.15) is 17.0 Å². The number of hydrogen-bond donors (Lipinski definition) is 1. The molecule has 6 nitrogen and oxygen atoms in total. The van der Waals surface area contributed by atoms with Crippen LogP contribution >= 0.6 is 0 Å². The van der Waals surface area contributed by atoms with E-state index in [0.29, 0.717) is 28.0 Å². The molecule has 6 heteroatoms. The van der Waals surface area contributed by atoms with Crippen LogP contribution in [0.5, 0.6) is 11.5 Å². The lowest BCUT2D eigenvalue weighted by molar-refractivity contribution is 0.289. The van der Waals surface area contributed by atoms with Crippen molar-refractivity contribution in [3.63, 3.8) is 0 Å². The molecule has 1 heterocycles. The number of phenolic OH excluding ortho intramolecular Hbond substituents is 1. The Morgan fingerprint density at radius 2 is 1.79 bits per heavy atom. The first-order valence-corrected chi connectivity index (χ1v) is 9.15. The smallest absolute Gasteiger partial charge is 0.282 e. The quantitative estimate of drug-likeness (QED) is 0.529. The summed E-state index contributed by atoms with van der Waals surface area (Å²) in [6.07, 6.45) is 1.45. The SMILES string of the molecule is Cc1cccc(/C=N/n2c(COc3ccccc3)nc3ccccc3c2=O)c1O. The highest BCUT2D eigenvalue weighted by molar-refractivity contribution is 5.84. The Morgan fingerprint density at radius 1 is 1.03 bits per heavy atom. The zero-order chi connectivity index (χ0) is 20.2. The summed E-state index contributed by atoms with van der Waals surface area (Å²) in [5.41, 5.74) is 1.52. The van der Waals surface area contributed by atoms with Gasteiger partial charge in [-0.1, -0.05) is 42.5 Å². The van der Waals surface area contributed by atoms with Crippen LogP contribution in [-0.2, 0) is 6.61 Å². The number of rotatable bonds is 5. The molecule has 4 rings (SSSR count). The number of ether oxygens (including phenoxy) is 1. The van der Waals surface area contributed by atoms with Crippen LogP contribution in [0.15, 0.2) is 82.7 Å². The molecule has 0 saturated carbocycles. The highest BCUT2D eigenvalue weighted by atomic mass is 16.5. The number of nitrogens with zero attached hydrogens (tertiary/aromatic N) is 3. The molecule has 0 unspecified atom stereocenters. The molecule has 3 aromatic carbocycles. The van der Waals surface area contributed by atoms with E-state index in [-0.39, 0.29) is 17.9 Å². The summed E-state index contributed by atoms with van der Waals surface area (Å²) in [6.45, 7) is 1.87. The first-order chi connectivity index (χ1) is 14.1. The van der Waals surface area contributed by atoms with Gasteiger partial charge in [0.25, 0.3) is 5.56 Å².